The van der Waals surface area contributed by atoms with Gasteiger partial charge in [0.15, 0.2) is 0 Å². The predicted octanol–water partition coefficient (Wildman–Crippen LogP) is 13.5. The Bertz CT molecular complexity index is 2190. The fraction of sp³-hybridized carbons (Fsp3) is 0. The minimum absolute atomic E-state index is 1.10. The van der Waals surface area contributed by atoms with E-state index in [0.717, 1.165) is 17.1 Å². The van der Waals surface area contributed by atoms with Gasteiger partial charge in [-0.3, -0.25) is 0 Å². The number of anilines is 3. The molecule has 0 bridgehead atoms. The molecule has 0 aromatic heterocycles. The van der Waals surface area contributed by atoms with Crippen molar-refractivity contribution in [2.24, 2.45) is 0 Å². The van der Waals surface area contributed by atoms with Crippen molar-refractivity contribution in [1.82, 2.24) is 0 Å². The first-order valence-corrected chi connectivity index (χ1v) is 16.8. The zero-order valence-electron chi connectivity index (χ0n) is 27.2. The van der Waals surface area contributed by atoms with E-state index in [-0.39, 0.29) is 0 Å². The highest BCUT2D eigenvalue weighted by Gasteiger charge is 2.19. The van der Waals surface area contributed by atoms with Crippen molar-refractivity contribution in [2.75, 3.05) is 4.90 Å². The zero-order chi connectivity index (χ0) is 32.8. The van der Waals surface area contributed by atoms with Crippen molar-refractivity contribution in [2.45, 2.75) is 0 Å². The summed E-state index contributed by atoms with van der Waals surface area (Å²) in [5.74, 6) is 0. The van der Waals surface area contributed by atoms with Crippen molar-refractivity contribution in [1.29, 1.82) is 0 Å². The topological polar surface area (TPSA) is 3.24 Å². The fourth-order valence-corrected chi connectivity index (χ4v) is 6.56. The van der Waals surface area contributed by atoms with Crippen LogP contribution in [0.3, 0.4) is 0 Å². The van der Waals surface area contributed by atoms with Crippen molar-refractivity contribution < 1.29 is 0 Å². The van der Waals surface area contributed by atoms with Gasteiger partial charge < -0.3 is 4.90 Å². The zero-order valence-corrected chi connectivity index (χ0v) is 27.2. The van der Waals surface area contributed by atoms with E-state index in [1.807, 2.05) is 0 Å². The Morgan fingerprint density at radius 3 is 1.02 bits per heavy atom. The maximum Gasteiger partial charge on any atom is 0.0540 e. The van der Waals surface area contributed by atoms with E-state index in [2.05, 4.69) is 217 Å². The van der Waals surface area contributed by atoms with E-state index in [1.54, 1.807) is 0 Å². The van der Waals surface area contributed by atoms with Gasteiger partial charge >= 0.3 is 0 Å². The number of hydrogen-bond donors (Lipinski definition) is 0. The number of hydrogen-bond acceptors (Lipinski definition) is 1. The summed E-state index contributed by atoms with van der Waals surface area (Å²) in [6, 6.07) is 76.0. The van der Waals surface area contributed by atoms with Crippen molar-refractivity contribution >= 4 is 17.1 Å². The molecule has 1 nitrogen and oxygen atoms in total. The molecule has 0 aliphatic carbocycles. The first-order valence-electron chi connectivity index (χ1n) is 16.8. The number of nitrogens with zero attached hydrogens (tertiary/aromatic N) is 1. The molecule has 49 heavy (non-hydrogen) atoms. The van der Waals surface area contributed by atoms with Crippen LogP contribution in [0.25, 0.3) is 55.6 Å². The number of benzene rings is 8. The van der Waals surface area contributed by atoms with Crippen LogP contribution in [0, 0.1) is 0 Å². The van der Waals surface area contributed by atoms with Crippen LogP contribution in [-0.2, 0) is 0 Å². The van der Waals surface area contributed by atoms with Crippen LogP contribution in [0.2, 0.25) is 0 Å². The molecular weight excluding hydrogens is 591 g/mol. The van der Waals surface area contributed by atoms with Gasteiger partial charge in [-0.15, -0.1) is 0 Å². The second-order valence-electron chi connectivity index (χ2n) is 12.2. The minimum atomic E-state index is 1.10. The average molecular weight is 626 g/mol. The summed E-state index contributed by atoms with van der Waals surface area (Å²) in [5, 5.41) is 0. The van der Waals surface area contributed by atoms with Crippen LogP contribution in [0.4, 0.5) is 17.1 Å². The molecule has 0 saturated heterocycles. The molecule has 0 radical (unpaired) electrons. The maximum absolute atomic E-state index is 2.38. The Hall–Kier alpha value is -6.44. The molecule has 8 rings (SSSR count). The molecule has 0 N–H and O–H groups in total. The van der Waals surface area contributed by atoms with E-state index in [9.17, 15) is 0 Å². The normalized spacial score (nSPS) is 10.9. The lowest BCUT2D eigenvalue weighted by molar-refractivity contribution is 1.28. The summed E-state index contributed by atoms with van der Waals surface area (Å²) in [6.45, 7) is 0. The molecule has 8 aromatic rings. The van der Waals surface area contributed by atoms with Crippen LogP contribution in [0.15, 0.2) is 212 Å². The molecular formula is C48H35N. The van der Waals surface area contributed by atoms with Gasteiger partial charge in [-0.1, -0.05) is 170 Å². The highest BCUT2D eigenvalue weighted by atomic mass is 15.1. The molecule has 0 amide bonds. The van der Waals surface area contributed by atoms with Crippen molar-refractivity contribution in [3.8, 4) is 55.6 Å². The van der Waals surface area contributed by atoms with Crippen LogP contribution in [0.1, 0.15) is 0 Å². The summed E-state index contributed by atoms with van der Waals surface area (Å²) in [5.41, 5.74) is 15.3. The largest absolute Gasteiger partial charge is 0.310 e. The smallest absolute Gasteiger partial charge is 0.0540 e. The van der Waals surface area contributed by atoms with Crippen LogP contribution in [-0.4, -0.2) is 0 Å². The first kappa shape index (κ1) is 29.9. The molecule has 0 aliphatic heterocycles. The Morgan fingerprint density at radius 2 is 0.551 bits per heavy atom. The predicted molar refractivity (Wildman–Crippen MR) is 208 cm³/mol. The average Bonchev–Trinajstić information content (AvgIpc) is 3.20. The van der Waals surface area contributed by atoms with Gasteiger partial charge in [0.2, 0.25) is 0 Å². The lowest BCUT2D eigenvalue weighted by Gasteiger charge is -2.29. The summed E-state index contributed by atoms with van der Waals surface area (Å²) in [6.07, 6.45) is 0. The fourth-order valence-electron chi connectivity index (χ4n) is 6.56. The SMILES string of the molecule is c1ccc(-c2ccc(N(c3ccc(-c4ccccc4)cc3)c3ccc(-c4cccc(-c5ccccc5)c4)cc3-c3ccccc3)cc2)cc1. The summed E-state index contributed by atoms with van der Waals surface area (Å²) < 4.78 is 0. The molecule has 0 saturated carbocycles. The van der Waals surface area contributed by atoms with E-state index < -0.39 is 0 Å². The molecule has 0 fully saturated rings. The lowest BCUT2D eigenvalue weighted by Crippen LogP contribution is -2.11. The van der Waals surface area contributed by atoms with Gasteiger partial charge in [-0.2, -0.15) is 0 Å². The second kappa shape index (κ2) is 13.7. The van der Waals surface area contributed by atoms with E-state index in [0.29, 0.717) is 0 Å². The Labute approximate surface area is 289 Å². The molecule has 8 aromatic carbocycles. The van der Waals surface area contributed by atoms with Crippen molar-refractivity contribution in [3.63, 3.8) is 0 Å². The molecule has 0 spiro atoms. The van der Waals surface area contributed by atoms with E-state index in [1.165, 1.54) is 55.6 Å². The molecule has 0 heterocycles. The molecule has 0 atom stereocenters. The Morgan fingerprint density at radius 1 is 0.224 bits per heavy atom. The molecule has 0 aliphatic rings. The maximum atomic E-state index is 2.38. The number of rotatable bonds is 8. The standard InChI is InChI=1S/C48H35N/c1-5-14-36(15-6-1)39-24-29-45(30-25-39)49(46-31-26-40(27-32-46)37-16-7-2-8-17-37)48-33-28-44(35-47(48)41-20-11-4-12-21-41)43-23-13-22-42(34-43)38-18-9-3-10-19-38/h1-35H. The van der Waals surface area contributed by atoms with Crippen LogP contribution >= 0.6 is 0 Å². The lowest BCUT2D eigenvalue weighted by atomic mass is 9.94. The quantitative estimate of drug-likeness (QED) is 0.162. The summed E-state index contributed by atoms with van der Waals surface area (Å²) in [7, 11) is 0. The highest BCUT2D eigenvalue weighted by molar-refractivity contribution is 5.91. The van der Waals surface area contributed by atoms with Crippen LogP contribution in [0.5, 0.6) is 0 Å². The van der Waals surface area contributed by atoms with Gasteiger partial charge in [0, 0.05) is 16.9 Å². The highest BCUT2D eigenvalue weighted by Crippen LogP contribution is 2.43. The summed E-state index contributed by atoms with van der Waals surface area (Å²) >= 11 is 0. The third-order valence-electron chi connectivity index (χ3n) is 9.09. The molecule has 0 unspecified atom stereocenters. The second-order valence-corrected chi connectivity index (χ2v) is 12.2. The minimum Gasteiger partial charge on any atom is -0.310 e. The van der Waals surface area contributed by atoms with Gasteiger partial charge in [0.05, 0.1) is 5.69 Å². The Balaban J connectivity index is 1.27. The van der Waals surface area contributed by atoms with Gasteiger partial charge in [-0.25, -0.2) is 0 Å². The van der Waals surface area contributed by atoms with Gasteiger partial charge in [-0.05, 0) is 92.5 Å². The van der Waals surface area contributed by atoms with Crippen molar-refractivity contribution in [3.05, 3.63) is 212 Å². The van der Waals surface area contributed by atoms with E-state index >= 15 is 0 Å². The monoisotopic (exact) mass is 625 g/mol. The third kappa shape index (κ3) is 6.43. The summed E-state index contributed by atoms with van der Waals surface area (Å²) in [4.78, 5) is 2.38. The molecule has 1 heteroatoms. The van der Waals surface area contributed by atoms with Gasteiger partial charge in [0.25, 0.3) is 0 Å². The van der Waals surface area contributed by atoms with E-state index in [4.69, 9.17) is 0 Å². The Kier molecular flexibility index (Phi) is 8.39. The first-order chi connectivity index (χ1) is 24.3. The van der Waals surface area contributed by atoms with Crippen LogP contribution < -0.4 is 4.90 Å². The molecule has 232 valence electrons. The third-order valence-corrected chi connectivity index (χ3v) is 9.09. The van der Waals surface area contributed by atoms with Gasteiger partial charge in [0.1, 0.15) is 0 Å².